The molecule has 10 heteroatoms. The van der Waals surface area contributed by atoms with Crippen molar-refractivity contribution in [2.45, 2.75) is 31.9 Å². The number of rotatable bonds is 3. The van der Waals surface area contributed by atoms with E-state index >= 15 is 0 Å². The van der Waals surface area contributed by atoms with E-state index in [1.165, 1.54) is 0 Å². The van der Waals surface area contributed by atoms with Crippen LogP contribution < -0.4 is 15.8 Å². The number of pyridine rings is 1. The number of anilines is 3. The van der Waals surface area contributed by atoms with Gasteiger partial charge in [-0.2, -0.15) is 4.98 Å². The first-order chi connectivity index (χ1) is 18.0. The van der Waals surface area contributed by atoms with Crippen molar-refractivity contribution in [1.82, 2.24) is 24.3 Å². The zero-order valence-corrected chi connectivity index (χ0v) is 20.7. The first kappa shape index (κ1) is 23.4. The maximum Gasteiger partial charge on any atom is 0.278 e. The lowest BCUT2D eigenvalue weighted by Gasteiger charge is -2.28. The predicted octanol–water partition coefficient (Wildman–Crippen LogP) is 3.11. The van der Waals surface area contributed by atoms with Gasteiger partial charge in [0, 0.05) is 30.7 Å². The Balaban J connectivity index is 1.39. The highest BCUT2D eigenvalue weighted by molar-refractivity contribution is 5.77. The van der Waals surface area contributed by atoms with Gasteiger partial charge < -0.3 is 20.1 Å². The molecule has 6 rings (SSSR count). The van der Waals surface area contributed by atoms with E-state index in [2.05, 4.69) is 27.3 Å². The number of ether oxygens (including phenoxy) is 1. The molecule has 2 N–H and O–H groups in total. The predicted molar refractivity (Wildman–Crippen MR) is 142 cm³/mol. The second-order valence-electron chi connectivity index (χ2n) is 9.57. The lowest BCUT2D eigenvalue weighted by molar-refractivity contribution is 0.0443. The van der Waals surface area contributed by atoms with E-state index in [1.807, 2.05) is 42.5 Å². The Labute approximate surface area is 213 Å². The van der Waals surface area contributed by atoms with E-state index in [9.17, 15) is 9.90 Å². The lowest BCUT2D eigenvalue weighted by atomic mass is 9.95. The van der Waals surface area contributed by atoms with Crippen LogP contribution in [0.15, 0.2) is 65.6 Å². The Morgan fingerprint density at radius 3 is 2.68 bits per heavy atom. The number of hydrogen-bond acceptors (Lipinski definition) is 8. The lowest BCUT2D eigenvalue weighted by Crippen LogP contribution is -2.36. The molecule has 0 aliphatic carbocycles. The van der Waals surface area contributed by atoms with Gasteiger partial charge in [0.25, 0.3) is 5.56 Å². The van der Waals surface area contributed by atoms with Crippen LogP contribution in [0.1, 0.15) is 25.5 Å². The fourth-order valence-corrected chi connectivity index (χ4v) is 4.82. The van der Waals surface area contributed by atoms with Gasteiger partial charge in [0.05, 0.1) is 25.5 Å². The molecule has 0 spiro atoms. The molecule has 5 heterocycles. The van der Waals surface area contributed by atoms with Gasteiger partial charge in [-0.05, 0) is 56.2 Å². The van der Waals surface area contributed by atoms with Gasteiger partial charge in [-0.25, -0.2) is 19.3 Å². The molecule has 0 amide bonds. The minimum absolute atomic E-state index is 0.195. The Hall–Kier alpha value is -4.02. The summed E-state index contributed by atoms with van der Waals surface area (Å²) in [6, 6.07) is 13.6. The first-order valence-corrected chi connectivity index (χ1v) is 12.5. The third-order valence-corrected chi connectivity index (χ3v) is 6.92. The van der Waals surface area contributed by atoms with E-state index in [-0.39, 0.29) is 5.56 Å². The molecule has 1 unspecified atom stereocenters. The van der Waals surface area contributed by atoms with E-state index in [0.29, 0.717) is 47.9 Å². The quantitative estimate of drug-likeness (QED) is 0.414. The minimum Gasteiger partial charge on any atom is -0.384 e. The average molecular weight is 500 g/mol. The smallest absolute Gasteiger partial charge is 0.278 e. The van der Waals surface area contributed by atoms with Crippen LogP contribution in [0.5, 0.6) is 0 Å². The summed E-state index contributed by atoms with van der Waals surface area (Å²) < 4.78 is 8.75. The molecule has 1 saturated heterocycles. The summed E-state index contributed by atoms with van der Waals surface area (Å²) >= 11 is 0. The highest BCUT2D eigenvalue weighted by atomic mass is 16.5. The summed E-state index contributed by atoms with van der Waals surface area (Å²) in [6.45, 7) is 5.34. The van der Waals surface area contributed by atoms with Crippen molar-refractivity contribution in [3.05, 3.63) is 76.9 Å². The molecule has 37 heavy (non-hydrogen) atoms. The van der Waals surface area contributed by atoms with Crippen LogP contribution in [0.2, 0.25) is 0 Å². The van der Waals surface area contributed by atoms with Crippen molar-refractivity contribution in [1.29, 1.82) is 0 Å². The van der Waals surface area contributed by atoms with E-state index in [1.54, 1.807) is 22.5 Å². The Kier molecular flexibility index (Phi) is 5.97. The molecule has 4 aromatic rings. The third-order valence-electron chi connectivity index (χ3n) is 6.92. The molecule has 10 nitrogen and oxygen atoms in total. The van der Waals surface area contributed by atoms with Crippen molar-refractivity contribution in [2.75, 3.05) is 36.5 Å². The van der Waals surface area contributed by atoms with Gasteiger partial charge in [-0.1, -0.05) is 18.2 Å². The van der Waals surface area contributed by atoms with Crippen LogP contribution in [0.4, 0.5) is 17.3 Å². The van der Waals surface area contributed by atoms with Gasteiger partial charge in [0.2, 0.25) is 5.95 Å². The largest absolute Gasteiger partial charge is 0.384 e. The number of benzene rings is 1. The number of aliphatic hydroxyl groups is 1. The Morgan fingerprint density at radius 1 is 1.05 bits per heavy atom. The van der Waals surface area contributed by atoms with Crippen LogP contribution in [0.25, 0.3) is 16.9 Å². The molecule has 0 radical (unpaired) electrons. The van der Waals surface area contributed by atoms with Crippen LogP contribution in [-0.4, -0.2) is 55.7 Å². The standard InChI is InChI=1S/C27H29N7O3/c1-27(36)12-3-2-4-13-33-25(35)21-18-28-26(31-24(21)34(33)23-7-5-6-22(27)30-23)29-19-8-10-20(11-9-19)32-14-16-37-17-15-32/h2,4-11,18,36H,3,12-17H2,1H3,(H,28,29,31)/b4-2-. The van der Waals surface area contributed by atoms with Crippen molar-refractivity contribution in [3.63, 3.8) is 0 Å². The zero-order valence-electron chi connectivity index (χ0n) is 20.7. The second-order valence-corrected chi connectivity index (χ2v) is 9.57. The summed E-state index contributed by atoms with van der Waals surface area (Å²) in [5.74, 6) is 0.889. The Morgan fingerprint density at radius 2 is 1.86 bits per heavy atom. The SMILES string of the molecule is CC1(O)CC/C=C\Cn2c(=O)c3cnc(Nc4ccc(N5CCOCC5)cc4)nc3n2-c2cccc1n2. The fraction of sp³-hybridized carbons (Fsp3) is 0.333. The monoisotopic (exact) mass is 499 g/mol. The van der Waals surface area contributed by atoms with Crippen LogP contribution >= 0.6 is 0 Å². The van der Waals surface area contributed by atoms with Crippen LogP contribution in [0, 0.1) is 0 Å². The van der Waals surface area contributed by atoms with Gasteiger partial charge in [0.15, 0.2) is 11.5 Å². The molecule has 1 aromatic carbocycles. The summed E-state index contributed by atoms with van der Waals surface area (Å²) in [5, 5.41) is 14.7. The number of allylic oxidation sites excluding steroid dienone is 2. The molecular weight excluding hydrogens is 470 g/mol. The maximum atomic E-state index is 13.3. The number of hydrogen-bond donors (Lipinski definition) is 2. The van der Waals surface area contributed by atoms with Gasteiger partial charge in [0.1, 0.15) is 11.0 Å². The second kappa shape index (κ2) is 9.45. The van der Waals surface area contributed by atoms with Gasteiger partial charge in [-0.15, -0.1) is 0 Å². The van der Waals surface area contributed by atoms with Crippen molar-refractivity contribution < 1.29 is 9.84 Å². The Bertz CT molecular complexity index is 1520. The number of aromatic nitrogens is 5. The summed E-state index contributed by atoms with van der Waals surface area (Å²) in [7, 11) is 0. The topological polar surface area (TPSA) is 110 Å². The molecule has 2 aliphatic rings. The van der Waals surface area contributed by atoms with Crippen molar-refractivity contribution in [2.24, 2.45) is 0 Å². The highest BCUT2D eigenvalue weighted by Crippen LogP contribution is 2.27. The zero-order chi connectivity index (χ0) is 25.4. The molecule has 2 bridgehead atoms. The molecule has 1 fully saturated rings. The number of fused-ring (bicyclic) bond motifs is 6. The summed E-state index contributed by atoms with van der Waals surface area (Å²) in [4.78, 5) is 29.5. The number of nitrogens with zero attached hydrogens (tertiary/aromatic N) is 6. The van der Waals surface area contributed by atoms with Gasteiger partial charge in [-0.3, -0.25) is 4.79 Å². The summed E-state index contributed by atoms with van der Waals surface area (Å²) in [5.41, 5.74) is 1.70. The van der Waals surface area contributed by atoms with Crippen molar-refractivity contribution >= 4 is 28.4 Å². The van der Waals surface area contributed by atoms with Crippen LogP contribution in [-0.2, 0) is 16.9 Å². The van der Waals surface area contributed by atoms with E-state index in [0.717, 1.165) is 37.7 Å². The third kappa shape index (κ3) is 4.49. The first-order valence-electron chi connectivity index (χ1n) is 12.5. The van der Waals surface area contributed by atoms with Crippen LogP contribution in [0.3, 0.4) is 0 Å². The average Bonchev–Trinajstić information content (AvgIpc) is 3.19. The number of nitrogens with one attached hydrogen (secondary N) is 1. The van der Waals surface area contributed by atoms with E-state index < -0.39 is 5.60 Å². The molecule has 2 aliphatic heterocycles. The maximum absolute atomic E-state index is 13.3. The fourth-order valence-electron chi connectivity index (χ4n) is 4.82. The van der Waals surface area contributed by atoms with E-state index in [4.69, 9.17) is 14.7 Å². The molecule has 0 saturated carbocycles. The molecular formula is C27H29N7O3. The van der Waals surface area contributed by atoms with Crippen molar-refractivity contribution in [3.8, 4) is 5.82 Å². The minimum atomic E-state index is -1.09. The molecule has 190 valence electrons. The molecule has 3 aromatic heterocycles. The normalized spacial score (nSPS) is 20.8. The summed E-state index contributed by atoms with van der Waals surface area (Å²) in [6.07, 6.45) is 6.67. The highest BCUT2D eigenvalue weighted by Gasteiger charge is 2.26. The van der Waals surface area contributed by atoms with Gasteiger partial charge >= 0.3 is 0 Å². The number of morpholine rings is 1. The molecule has 1 atom stereocenters.